The van der Waals surface area contributed by atoms with Crippen LogP contribution in [-0.2, 0) is 29.0 Å². The number of carbonyl (C=O) groups is 3. The molecule has 1 fully saturated rings. The molecule has 3 atom stereocenters. The van der Waals surface area contributed by atoms with Gasteiger partial charge in [-0.1, -0.05) is 11.8 Å². The number of aliphatic carboxylic acids is 1. The first-order valence-electron chi connectivity index (χ1n) is 6.90. The van der Waals surface area contributed by atoms with E-state index in [1.807, 2.05) is 0 Å². The molecule has 0 radical (unpaired) electrons. The molecule has 1 saturated heterocycles. The Kier molecular flexibility index (Phi) is 7.89. The van der Waals surface area contributed by atoms with E-state index in [4.69, 9.17) is 4.55 Å². The molecule has 0 unspecified atom stereocenters. The maximum Gasteiger partial charge on any atom is 1.00 e. The number of hydrogen-bond donors (Lipinski definition) is 3. The molecule has 2 aliphatic heterocycles. The van der Waals surface area contributed by atoms with Crippen molar-refractivity contribution in [2.75, 3.05) is 0 Å². The number of carboxylic acids is 1. The van der Waals surface area contributed by atoms with E-state index in [1.54, 1.807) is 0 Å². The number of carboxylic acid groups (broad SMARTS) is 1. The molecule has 26 heavy (non-hydrogen) atoms. The van der Waals surface area contributed by atoms with Crippen LogP contribution in [0.3, 0.4) is 0 Å². The maximum absolute atomic E-state index is 12.2. The van der Waals surface area contributed by atoms with Gasteiger partial charge in [0, 0.05) is 24.4 Å². The fourth-order valence-corrected chi connectivity index (χ4v) is 4.00. The molecule has 2 heterocycles. The SMILES string of the molecule is [CH2-][C@@H](OS(=O)(=O)O)[C@@H]1C(=O)N2C(C(=O)O)=C(SC=CNC(C)=O)C[C@H]12.[Na+]. The van der Waals surface area contributed by atoms with Gasteiger partial charge in [-0.3, -0.25) is 18.3 Å². The van der Waals surface area contributed by atoms with Crippen LogP contribution in [0.25, 0.3) is 0 Å². The smallest absolute Gasteiger partial charge is 0.477 e. The summed E-state index contributed by atoms with van der Waals surface area (Å²) in [6.45, 7) is 4.71. The Morgan fingerprint density at radius 3 is 2.62 bits per heavy atom. The summed E-state index contributed by atoms with van der Waals surface area (Å²) >= 11 is 1.02. The normalized spacial score (nSPS) is 23.3. The number of amides is 2. The zero-order chi connectivity index (χ0) is 18.9. The third kappa shape index (κ3) is 5.09. The van der Waals surface area contributed by atoms with Crippen molar-refractivity contribution in [1.82, 2.24) is 10.2 Å². The predicted octanol–water partition coefficient (Wildman–Crippen LogP) is -3.12. The van der Waals surface area contributed by atoms with E-state index in [9.17, 15) is 27.9 Å². The average molecular weight is 414 g/mol. The van der Waals surface area contributed by atoms with Crippen molar-refractivity contribution < 1.29 is 66.2 Å². The number of thioether (sulfide) groups is 1. The topological polar surface area (TPSA) is 150 Å². The molecule has 0 saturated carbocycles. The molecule has 0 bridgehead atoms. The maximum atomic E-state index is 12.2. The van der Waals surface area contributed by atoms with Gasteiger partial charge in [0.2, 0.25) is 11.8 Å². The molecule has 0 aromatic carbocycles. The minimum Gasteiger partial charge on any atom is -0.477 e. The second-order valence-electron chi connectivity index (χ2n) is 5.27. The van der Waals surface area contributed by atoms with Gasteiger partial charge in [-0.15, -0.1) is 0 Å². The molecule has 3 N–H and O–H groups in total. The fourth-order valence-electron chi connectivity index (χ4n) is 2.70. The van der Waals surface area contributed by atoms with Gasteiger partial charge in [0.05, 0.1) is 12.0 Å². The van der Waals surface area contributed by atoms with Crippen LogP contribution in [0.5, 0.6) is 0 Å². The van der Waals surface area contributed by atoms with Gasteiger partial charge >= 0.3 is 45.9 Å². The van der Waals surface area contributed by atoms with Crippen molar-refractivity contribution in [1.29, 1.82) is 0 Å². The zero-order valence-corrected chi connectivity index (χ0v) is 17.5. The van der Waals surface area contributed by atoms with Crippen LogP contribution in [0.1, 0.15) is 13.3 Å². The number of carbonyl (C=O) groups excluding carboxylic acids is 2. The van der Waals surface area contributed by atoms with Crippen molar-refractivity contribution in [3.8, 4) is 0 Å². The second-order valence-corrected chi connectivity index (χ2v) is 7.31. The van der Waals surface area contributed by atoms with Gasteiger partial charge in [0.25, 0.3) is 0 Å². The van der Waals surface area contributed by atoms with Crippen LogP contribution in [0.15, 0.2) is 22.2 Å². The van der Waals surface area contributed by atoms with Gasteiger partial charge in [-0.2, -0.15) is 8.42 Å². The number of fused-ring (bicyclic) bond motifs is 1. The number of β-lactam (4-membered cyclic amide) rings is 1. The molecular formula is C13H15N2NaO8S2. The number of nitrogens with one attached hydrogen (secondary N) is 1. The average Bonchev–Trinajstić information content (AvgIpc) is 2.76. The first-order valence-corrected chi connectivity index (χ1v) is 9.14. The third-order valence-corrected chi connectivity index (χ3v) is 4.99. The van der Waals surface area contributed by atoms with Gasteiger partial charge in [0.15, 0.2) is 0 Å². The van der Waals surface area contributed by atoms with E-state index < -0.39 is 40.3 Å². The van der Waals surface area contributed by atoms with Gasteiger partial charge in [0.1, 0.15) is 5.70 Å². The molecule has 10 nitrogen and oxygen atoms in total. The summed E-state index contributed by atoms with van der Waals surface area (Å²) in [5.74, 6) is -3.24. The number of nitrogens with zero attached hydrogens (tertiary/aromatic N) is 1. The van der Waals surface area contributed by atoms with Crippen molar-refractivity contribution in [3.05, 3.63) is 29.1 Å². The molecule has 138 valence electrons. The summed E-state index contributed by atoms with van der Waals surface area (Å²) in [5.41, 5.74) is -0.206. The molecule has 0 spiro atoms. The zero-order valence-electron chi connectivity index (χ0n) is 13.9. The Labute approximate surface area is 176 Å². The molecular weight excluding hydrogens is 399 g/mol. The number of rotatable bonds is 7. The third-order valence-electron chi connectivity index (χ3n) is 3.58. The summed E-state index contributed by atoms with van der Waals surface area (Å²) in [4.78, 5) is 35.8. The molecule has 0 aromatic rings. The molecule has 2 aliphatic rings. The van der Waals surface area contributed by atoms with Crippen LogP contribution < -0.4 is 34.9 Å². The molecule has 0 aliphatic carbocycles. The summed E-state index contributed by atoms with van der Waals surface area (Å²) in [6.07, 6.45) is 0.117. The van der Waals surface area contributed by atoms with Gasteiger partial charge in [-0.25, -0.2) is 4.79 Å². The summed E-state index contributed by atoms with van der Waals surface area (Å²) in [5, 5.41) is 13.2. The quantitative estimate of drug-likeness (QED) is 0.170. The summed E-state index contributed by atoms with van der Waals surface area (Å²) in [7, 11) is -4.79. The molecule has 0 aromatic heterocycles. The van der Waals surface area contributed by atoms with E-state index in [1.165, 1.54) is 18.5 Å². The fraction of sp³-hybridized carbons (Fsp3) is 0.385. The Morgan fingerprint density at radius 2 is 2.12 bits per heavy atom. The summed E-state index contributed by atoms with van der Waals surface area (Å²) in [6, 6.07) is -0.625. The Balaban J connectivity index is 0.00000338. The van der Waals surface area contributed by atoms with Crippen LogP contribution in [0.4, 0.5) is 0 Å². The Hall–Kier alpha value is -0.890. The van der Waals surface area contributed by atoms with E-state index in [0.29, 0.717) is 4.91 Å². The Bertz CT molecular complexity index is 779. The van der Waals surface area contributed by atoms with Crippen molar-refractivity contribution in [2.45, 2.75) is 25.5 Å². The molecule has 2 amide bonds. The standard InChI is InChI=1S/C13H15N2O8S2.Na/c1-6(23-25(20,21)22)10-8-5-9(24-4-3-14-7(2)16)11(13(18)19)15(8)12(10)17;/h3-4,6,8,10H,1,5H2,2H3,(H,14,16)(H,18,19)(H,20,21,22);/q-1;+1/t6-,8-,10+;/m1./s1. The van der Waals surface area contributed by atoms with E-state index in [-0.39, 0.29) is 47.6 Å². The van der Waals surface area contributed by atoms with Crippen molar-refractivity contribution in [3.63, 3.8) is 0 Å². The minimum atomic E-state index is -4.79. The van der Waals surface area contributed by atoms with Crippen molar-refractivity contribution in [2.24, 2.45) is 5.92 Å². The van der Waals surface area contributed by atoms with E-state index in [2.05, 4.69) is 16.4 Å². The van der Waals surface area contributed by atoms with E-state index in [0.717, 1.165) is 16.7 Å². The predicted molar refractivity (Wildman–Crippen MR) is 85.7 cm³/mol. The van der Waals surface area contributed by atoms with Crippen LogP contribution in [-0.4, -0.2) is 52.9 Å². The molecule has 2 rings (SSSR count). The largest absolute Gasteiger partial charge is 1.00 e. The Morgan fingerprint density at radius 1 is 1.50 bits per heavy atom. The summed E-state index contributed by atoms with van der Waals surface area (Å²) < 4.78 is 34.5. The van der Waals surface area contributed by atoms with Gasteiger partial charge in [-0.05, 0) is 11.5 Å². The van der Waals surface area contributed by atoms with E-state index >= 15 is 0 Å². The van der Waals surface area contributed by atoms with Crippen LogP contribution in [0.2, 0.25) is 0 Å². The monoisotopic (exact) mass is 414 g/mol. The minimum absolute atomic E-state index is 0. The van der Waals surface area contributed by atoms with Crippen LogP contribution in [0, 0.1) is 12.8 Å². The first-order chi connectivity index (χ1) is 11.5. The second kappa shape index (κ2) is 8.87. The van der Waals surface area contributed by atoms with Crippen molar-refractivity contribution >= 4 is 39.9 Å². The number of hydrogen-bond acceptors (Lipinski definition) is 7. The van der Waals surface area contributed by atoms with Crippen LogP contribution >= 0.6 is 11.8 Å². The van der Waals surface area contributed by atoms with Gasteiger partial charge < -0.3 is 22.2 Å². The molecule has 13 heteroatoms. The first kappa shape index (κ1) is 23.1.